The summed E-state index contributed by atoms with van der Waals surface area (Å²) in [5.41, 5.74) is 0. The zero-order valence-electron chi connectivity index (χ0n) is 37.8. The summed E-state index contributed by atoms with van der Waals surface area (Å²) in [4.78, 5) is 23.5. The molecule has 33 nitrogen and oxygen atoms in total. The first kappa shape index (κ1) is 57.5. The molecule has 18 N–H and O–H groups in total. The number of hydrogen-bond acceptors (Lipinski definition) is 31. The largest absolute Gasteiger partial charge is 0.479 e. The van der Waals surface area contributed by atoms with Crippen molar-refractivity contribution in [3.05, 3.63) is 0 Å². The minimum absolute atomic E-state index is 0.560. The van der Waals surface area contributed by atoms with Gasteiger partial charge in [0.1, 0.15) is 134 Å². The maximum Gasteiger partial charge on any atom is 0.364 e. The monoisotopic (exact) mass is 1060 g/mol. The van der Waals surface area contributed by atoms with E-state index in [-0.39, 0.29) is 0 Å². The van der Waals surface area contributed by atoms with Crippen molar-refractivity contribution in [2.75, 3.05) is 26.4 Å². The number of ether oxygens (including phenoxy) is 13. The van der Waals surface area contributed by atoms with Gasteiger partial charge in [-0.1, -0.05) is 0 Å². The van der Waals surface area contributed by atoms with Crippen molar-refractivity contribution in [2.24, 2.45) is 0 Å². The number of aliphatic carboxylic acids is 2. The zero-order chi connectivity index (χ0) is 53.0. The number of carboxylic acid groups (broad SMARTS) is 2. The van der Waals surface area contributed by atoms with Crippen LogP contribution >= 0.6 is 0 Å². The fourth-order valence-electron chi connectivity index (χ4n) is 9.17. The molecule has 0 spiro atoms. The van der Waals surface area contributed by atoms with Gasteiger partial charge in [0.15, 0.2) is 43.8 Å². The van der Waals surface area contributed by atoms with Crippen LogP contribution in [0.25, 0.3) is 0 Å². The lowest BCUT2D eigenvalue weighted by molar-refractivity contribution is -0.419. The van der Waals surface area contributed by atoms with E-state index in [9.17, 15) is 102 Å². The highest BCUT2D eigenvalue weighted by molar-refractivity contribution is 5.75. The summed E-state index contributed by atoms with van der Waals surface area (Å²) in [5.74, 6) is -5.68. The molecule has 0 saturated carbocycles. The van der Waals surface area contributed by atoms with Gasteiger partial charge in [0.2, 0.25) is 0 Å². The Balaban J connectivity index is 1.16. The van der Waals surface area contributed by atoms with Crippen molar-refractivity contribution >= 4 is 11.9 Å². The number of hydrogen-bond donors (Lipinski definition) is 18. The van der Waals surface area contributed by atoms with Gasteiger partial charge in [0.25, 0.3) is 5.79 Å². The average Bonchev–Trinajstić information content (AvgIpc) is 3.34. The van der Waals surface area contributed by atoms with Crippen LogP contribution in [0.2, 0.25) is 0 Å². The van der Waals surface area contributed by atoms with Gasteiger partial charge in [0, 0.05) is 6.92 Å². The molecule has 7 rings (SSSR count). The first-order chi connectivity index (χ1) is 33.9. The smallest absolute Gasteiger partial charge is 0.364 e. The molecule has 0 bridgehead atoms. The molecular weight excluding hydrogens is 996 g/mol. The van der Waals surface area contributed by atoms with Crippen LogP contribution in [0.15, 0.2) is 0 Å². The fraction of sp³-hybridized carbons (Fsp3) is 0.949. The lowest BCUT2D eigenvalue weighted by Gasteiger charge is -2.52. The minimum atomic E-state index is -2.33. The Morgan fingerprint density at radius 2 is 0.917 bits per heavy atom. The van der Waals surface area contributed by atoms with Gasteiger partial charge in [-0.05, 0) is 6.92 Å². The molecule has 33 heteroatoms. The van der Waals surface area contributed by atoms with E-state index in [1.165, 1.54) is 6.92 Å². The van der Waals surface area contributed by atoms with Crippen LogP contribution in [0.4, 0.5) is 0 Å². The molecule has 0 amide bonds. The normalized spacial score (nSPS) is 53.4. The molecule has 72 heavy (non-hydrogen) atoms. The van der Waals surface area contributed by atoms with Crippen LogP contribution in [0.5, 0.6) is 0 Å². The summed E-state index contributed by atoms with van der Waals surface area (Å²) in [5, 5.41) is 192. The second kappa shape index (κ2) is 23.2. The predicted octanol–water partition coefficient (Wildman–Crippen LogP) is -12.1. The molecule has 2 unspecified atom stereocenters. The van der Waals surface area contributed by atoms with E-state index in [1.807, 2.05) is 0 Å². The summed E-state index contributed by atoms with van der Waals surface area (Å²) in [7, 11) is 0. The van der Waals surface area contributed by atoms with Gasteiger partial charge in [-0.2, -0.15) is 0 Å². The quantitative estimate of drug-likeness (QED) is 0.0724. The third-order valence-corrected chi connectivity index (χ3v) is 13.4. The Kier molecular flexibility index (Phi) is 18.5. The van der Waals surface area contributed by atoms with Crippen molar-refractivity contribution in [2.45, 2.75) is 204 Å². The molecule has 416 valence electrons. The summed E-state index contributed by atoms with van der Waals surface area (Å²) in [6.07, 6.45) is -60.0. The van der Waals surface area contributed by atoms with Crippen LogP contribution in [0.3, 0.4) is 0 Å². The SMILES string of the molecule is C[C@@H]1O[C@@H](O[C@H]2[C@H](O[C@@H]3O[C@H](CO)[C@@H](O)[C@H](O[C@H]4O[C@H](CO)[C@@H](O)[C@H](O[C@H]5O[C@H](C(=O)O)[C@@H](O)[C@H](O)[C@H]5O)[C@@H]4O)[C@H]3O)[C@@H](CO)OC(O)[C@H]2O[C@@H]2O[C@@H]3COC(C)(C(=O)O)O[C@H]3[C@H](O)[C@H]2O)[C@H](O)[C@H](O)[C@H]1O. The predicted molar refractivity (Wildman–Crippen MR) is 212 cm³/mol. The van der Waals surface area contributed by atoms with Crippen LogP contribution < -0.4 is 0 Å². The fourth-order valence-corrected chi connectivity index (χ4v) is 9.17. The maximum absolute atomic E-state index is 11.8. The van der Waals surface area contributed by atoms with E-state index in [0.717, 1.165) is 6.92 Å². The molecule has 0 aromatic rings. The summed E-state index contributed by atoms with van der Waals surface area (Å²) in [6, 6.07) is 0. The van der Waals surface area contributed by atoms with E-state index in [4.69, 9.17) is 61.6 Å². The molecule has 0 radical (unpaired) electrons. The lowest BCUT2D eigenvalue weighted by atomic mass is 9.94. The van der Waals surface area contributed by atoms with Crippen molar-refractivity contribution in [1.82, 2.24) is 0 Å². The van der Waals surface area contributed by atoms with E-state index in [1.54, 1.807) is 0 Å². The molecule has 7 aliphatic heterocycles. The van der Waals surface area contributed by atoms with E-state index in [2.05, 4.69) is 0 Å². The second-order valence-electron chi connectivity index (χ2n) is 18.2. The first-order valence-corrected chi connectivity index (χ1v) is 22.5. The molecule has 0 aromatic heterocycles. The van der Waals surface area contributed by atoms with E-state index >= 15 is 0 Å². The van der Waals surface area contributed by atoms with Crippen LogP contribution in [-0.2, 0) is 71.2 Å². The van der Waals surface area contributed by atoms with Crippen molar-refractivity contribution in [3.8, 4) is 0 Å². The minimum Gasteiger partial charge on any atom is -0.479 e. The van der Waals surface area contributed by atoms with Crippen molar-refractivity contribution < 1.29 is 163 Å². The van der Waals surface area contributed by atoms with Crippen LogP contribution in [-0.4, -0.2) is 320 Å². The number of fused-ring (bicyclic) bond motifs is 1. The second-order valence-corrected chi connectivity index (χ2v) is 18.2. The zero-order valence-corrected chi connectivity index (χ0v) is 37.8. The molecule has 7 aliphatic rings. The van der Waals surface area contributed by atoms with Gasteiger partial charge in [-0.25, -0.2) is 9.59 Å². The first-order valence-electron chi connectivity index (χ1n) is 22.5. The number of aliphatic hydroxyl groups is 16. The van der Waals surface area contributed by atoms with Crippen LogP contribution in [0, 0.1) is 0 Å². The maximum atomic E-state index is 11.8. The summed E-state index contributed by atoms with van der Waals surface area (Å²) in [6.45, 7) is -1.49. The number of carbonyl (C=O) groups is 2. The number of aliphatic hydroxyl groups excluding tert-OH is 16. The topological polar surface area (TPSA) is 518 Å². The van der Waals surface area contributed by atoms with Gasteiger partial charge in [0.05, 0.1) is 32.5 Å². The Morgan fingerprint density at radius 1 is 0.472 bits per heavy atom. The highest BCUT2D eigenvalue weighted by Crippen LogP contribution is 2.39. The molecule has 0 aromatic carbocycles. The molecule has 7 fully saturated rings. The highest BCUT2D eigenvalue weighted by atomic mass is 16.8. The summed E-state index contributed by atoms with van der Waals surface area (Å²) >= 11 is 0. The Morgan fingerprint density at radius 3 is 1.43 bits per heavy atom. The van der Waals surface area contributed by atoms with Crippen molar-refractivity contribution in [1.29, 1.82) is 0 Å². The number of rotatable bonds is 15. The summed E-state index contributed by atoms with van der Waals surface area (Å²) < 4.78 is 73.3. The Labute approximate surface area is 405 Å². The Bertz CT molecular complexity index is 1800. The van der Waals surface area contributed by atoms with E-state index < -0.39 is 228 Å². The van der Waals surface area contributed by atoms with Crippen LogP contribution in [0.1, 0.15) is 13.8 Å². The lowest BCUT2D eigenvalue weighted by Crippen LogP contribution is -2.70. The molecule has 7 saturated heterocycles. The number of carboxylic acids is 2. The van der Waals surface area contributed by atoms with Gasteiger partial charge in [-0.3, -0.25) is 0 Å². The van der Waals surface area contributed by atoms with Gasteiger partial charge in [-0.15, -0.1) is 0 Å². The van der Waals surface area contributed by atoms with Gasteiger partial charge < -0.3 is 153 Å². The standard InChI is InChI=1S/C39H62O33/c1-7-12(43)15(46)19(50)33(61-7)70-29-25(10(5-42)62-32(57)30(29)71-34-21(52)18(49)24-11(65-34)6-60-39(2,72-24)38(58)59)66-36-22(53)27(14(45)8(3-40)63-36)68-37-23(54)26(13(44)9(4-41)64-37)67-35-20(51)16(47)17(48)28(69-35)31(55)56/h7-30,32-37,40-54,57H,3-6H2,1-2H3,(H,55,56)(H,58,59)/t7-,8+,9+,10+,11+,12-,13+,14+,15+,16-,17-,18+,19+,20+,21+,22+,23-,24+,25+,26-,27-,28-,29-,30-,32?,33-,34-,35-,36-,37+,39?/m0/s1. The third kappa shape index (κ3) is 11.1. The highest BCUT2D eigenvalue weighted by Gasteiger charge is 2.60. The average molecular weight is 1060 g/mol. The Hall–Kier alpha value is -2.22. The molecular formula is C39H62O33. The molecule has 0 aliphatic carbocycles. The van der Waals surface area contributed by atoms with E-state index in [0.29, 0.717) is 0 Å². The van der Waals surface area contributed by atoms with Crippen molar-refractivity contribution in [3.63, 3.8) is 0 Å². The third-order valence-electron chi connectivity index (χ3n) is 13.4. The molecule has 31 atom stereocenters. The van der Waals surface area contributed by atoms with Gasteiger partial charge >= 0.3 is 11.9 Å². The molecule has 7 heterocycles.